The zero-order chi connectivity index (χ0) is 0. The molecule has 0 saturated carbocycles. The van der Waals surface area contributed by atoms with Gasteiger partial charge in [0.15, 0.2) is 0 Å². The number of halogens is 1. The number of rotatable bonds is 0. The standard InChI is InChI=1S/ClH.Mg.H2O.Sr.4H/h1H;;1H2;;;;;. The second kappa shape index (κ2) is 17.8. The Hall–Kier alpha value is 2.50. The molecule has 4 heavy (non-hydrogen) atoms. The number of hydrogen-bond acceptors (Lipinski definition) is 0. The Bertz CT molecular complexity index is 8.00. The molecule has 0 aromatic rings. The van der Waals surface area contributed by atoms with Gasteiger partial charge in [-0.05, 0) is 0 Å². The van der Waals surface area contributed by atoms with Crippen molar-refractivity contribution in [2.45, 2.75) is 0 Å². The minimum absolute atomic E-state index is 0. The van der Waals surface area contributed by atoms with Crippen LogP contribution < -0.4 is 0 Å². The molecule has 0 aromatic carbocycles. The van der Waals surface area contributed by atoms with Crippen LogP contribution in [0.5, 0.6) is 0 Å². The van der Waals surface area contributed by atoms with Crippen LogP contribution in [0.15, 0.2) is 0 Å². The Labute approximate surface area is 84.7 Å². The average molecular weight is 170 g/mol. The predicted molar refractivity (Wildman–Crippen MR) is 27.9 cm³/mol. The molecule has 0 fully saturated rings. The van der Waals surface area contributed by atoms with Gasteiger partial charge in [-0.15, -0.1) is 12.4 Å². The third kappa shape index (κ3) is 8.82. The van der Waals surface area contributed by atoms with Crippen LogP contribution >= 0.6 is 12.4 Å². The zero-order valence-electron chi connectivity index (χ0n) is 0.908. The molecule has 0 amide bonds. The summed E-state index contributed by atoms with van der Waals surface area (Å²) in [5.41, 5.74) is 0. The fourth-order valence-corrected chi connectivity index (χ4v) is 0. The van der Waals surface area contributed by atoms with Crippen molar-refractivity contribution >= 4 is 80.9 Å². The van der Waals surface area contributed by atoms with Gasteiger partial charge in [0, 0.05) is 0 Å². The molecule has 0 atom stereocenters. The summed E-state index contributed by atoms with van der Waals surface area (Å²) in [6.07, 6.45) is 0. The first-order valence-electron chi connectivity index (χ1n) is 0. The van der Waals surface area contributed by atoms with E-state index in [1.54, 1.807) is 0 Å². The molecule has 0 saturated heterocycles. The van der Waals surface area contributed by atoms with Crippen LogP contribution in [0, 0.1) is 0 Å². The topological polar surface area (TPSA) is 31.5 Å². The average Bonchev–Trinajstić information content (AvgIpc) is 0. The fourth-order valence-electron chi connectivity index (χ4n) is 0. The summed E-state index contributed by atoms with van der Waals surface area (Å²) in [7, 11) is 0. The summed E-state index contributed by atoms with van der Waals surface area (Å²) in [5, 5.41) is 0. The van der Waals surface area contributed by atoms with Gasteiger partial charge in [0.2, 0.25) is 0 Å². The van der Waals surface area contributed by atoms with E-state index < -0.39 is 0 Å². The van der Waals surface area contributed by atoms with Crippen molar-refractivity contribution in [3.63, 3.8) is 0 Å². The first-order valence-corrected chi connectivity index (χ1v) is 0. The first kappa shape index (κ1) is 31.5. The van der Waals surface area contributed by atoms with Crippen LogP contribution in [-0.2, 0) is 0 Å². The Balaban J connectivity index is 0. The normalized spacial score (nSPS) is 0. The molecule has 4 heteroatoms. The summed E-state index contributed by atoms with van der Waals surface area (Å²) < 4.78 is 0. The zero-order valence-corrected chi connectivity index (χ0v) is 1.72. The molecular formula is H7ClMgOSr. The van der Waals surface area contributed by atoms with Crippen LogP contribution in [0.1, 0.15) is 0 Å². The van der Waals surface area contributed by atoms with Gasteiger partial charge in [-0.2, -0.15) is 0 Å². The molecular weight excluding hydrogens is 163 g/mol. The monoisotopic (exact) mass is 170 g/mol. The second-order valence-corrected chi connectivity index (χ2v) is 0. The van der Waals surface area contributed by atoms with Gasteiger partial charge in [0.1, 0.15) is 0 Å². The van der Waals surface area contributed by atoms with E-state index in [1.807, 2.05) is 0 Å². The summed E-state index contributed by atoms with van der Waals surface area (Å²) in [6.45, 7) is 0. The van der Waals surface area contributed by atoms with E-state index in [4.69, 9.17) is 0 Å². The SMILES string of the molecule is Cl.O.[MgH2].[SrH2]. The van der Waals surface area contributed by atoms with E-state index >= 15 is 0 Å². The summed E-state index contributed by atoms with van der Waals surface area (Å²) in [4.78, 5) is 0. The number of hydrogen-bond donors (Lipinski definition) is 0. The Morgan fingerprint density at radius 3 is 1.00 bits per heavy atom. The molecule has 0 aliphatic heterocycles. The molecule has 0 aromatic heterocycles. The van der Waals surface area contributed by atoms with Gasteiger partial charge >= 0.3 is 68.5 Å². The molecule has 0 bridgehead atoms. The van der Waals surface area contributed by atoms with E-state index in [1.165, 1.54) is 0 Å². The molecule has 0 aliphatic rings. The maximum atomic E-state index is 0. The Morgan fingerprint density at radius 1 is 1.00 bits per heavy atom. The van der Waals surface area contributed by atoms with Crippen molar-refractivity contribution in [2.75, 3.05) is 0 Å². The van der Waals surface area contributed by atoms with Gasteiger partial charge < -0.3 is 5.48 Å². The predicted octanol–water partition coefficient (Wildman–Crippen LogP) is -2.24. The summed E-state index contributed by atoms with van der Waals surface area (Å²) in [5.74, 6) is 0. The van der Waals surface area contributed by atoms with Crippen molar-refractivity contribution in [1.29, 1.82) is 0 Å². The van der Waals surface area contributed by atoms with Crippen molar-refractivity contribution in [2.24, 2.45) is 0 Å². The van der Waals surface area contributed by atoms with Crippen LogP contribution in [0.3, 0.4) is 0 Å². The van der Waals surface area contributed by atoms with E-state index in [0.29, 0.717) is 0 Å². The van der Waals surface area contributed by atoms with E-state index in [-0.39, 0.29) is 86.4 Å². The molecule has 0 rings (SSSR count). The third-order valence-corrected chi connectivity index (χ3v) is 0. The Kier molecular flexibility index (Phi) is 140. The van der Waals surface area contributed by atoms with Crippen molar-refractivity contribution in [3.8, 4) is 0 Å². The van der Waals surface area contributed by atoms with E-state index in [0.717, 1.165) is 0 Å². The maximum absolute atomic E-state index is 0. The molecule has 24 valence electrons. The van der Waals surface area contributed by atoms with Crippen LogP contribution in [0.4, 0.5) is 0 Å². The third-order valence-electron chi connectivity index (χ3n) is 0. The van der Waals surface area contributed by atoms with Crippen molar-refractivity contribution < 1.29 is 5.48 Å². The van der Waals surface area contributed by atoms with Crippen LogP contribution in [0.2, 0.25) is 0 Å². The van der Waals surface area contributed by atoms with Gasteiger partial charge in [0.25, 0.3) is 0 Å². The Morgan fingerprint density at radius 2 is 1.00 bits per heavy atom. The molecule has 0 heterocycles. The molecule has 0 aliphatic carbocycles. The fraction of sp³-hybridized carbons (Fsp3) is 0. The second-order valence-electron chi connectivity index (χ2n) is 0. The molecule has 1 nitrogen and oxygen atoms in total. The van der Waals surface area contributed by atoms with Crippen molar-refractivity contribution in [1.82, 2.24) is 0 Å². The van der Waals surface area contributed by atoms with Crippen LogP contribution in [0.25, 0.3) is 0 Å². The molecule has 0 radical (unpaired) electrons. The molecule has 0 spiro atoms. The van der Waals surface area contributed by atoms with Crippen molar-refractivity contribution in [3.05, 3.63) is 0 Å². The van der Waals surface area contributed by atoms with Gasteiger partial charge in [-0.25, -0.2) is 0 Å². The molecule has 2 N–H and O–H groups in total. The van der Waals surface area contributed by atoms with Gasteiger partial charge in [-0.1, -0.05) is 0 Å². The first-order chi connectivity index (χ1) is 0. The van der Waals surface area contributed by atoms with E-state index in [9.17, 15) is 0 Å². The summed E-state index contributed by atoms with van der Waals surface area (Å²) >= 11 is 0. The van der Waals surface area contributed by atoms with E-state index in [2.05, 4.69) is 0 Å². The van der Waals surface area contributed by atoms with Crippen LogP contribution in [-0.4, -0.2) is 74.0 Å². The van der Waals surface area contributed by atoms with Gasteiger partial charge in [-0.3, -0.25) is 0 Å². The van der Waals surface area contributed by atoms with Gasteiger partial charge in [0.05, 0.1) is 0 Å². The minimum atomic E-state index is 0. The molecule has 0 unspecified atom stereocenters. The summed E-state index contributed by atoms with van der Waals surface area (Å²) in [6, 6.07) is 0. The quantitative estimate of drug-likeness (QED) is 0.369.